The molecule has 2 atom stereocenters. The van der Waals surface area contributed by atoms with Crippen molar-refractivity contribution in [3.05, 3.63) is 4.88 Å². The predicted molar refractivity (Wildman–Crippen MR) is 82.9 cm³/mol. The second-order valence-corrected chi connectivity index (χ2v) is 7.18. The quantitative estimate of drug-likeness (QED) is 0.867. The van der Waals surface area contributed by atoms with Crippen LogP contribution in [0, 0.1) is 17.8 Å². The maximum atomic E-state index is 12.3. The number of ether oxygens (including phenoxy) is 1. The Morgan fingerprint density at radius 1 is 1.30 bits per heavy atom. The Morgan fingerprint density at radius 3 is 2.40 bits per heavy atom. The zero-order valence-corrected chi connectivity index (χ0v) is 13.1. The third-order valence-electron chi connectivity index (χ3n) is 4.53. The number of nitrogen functional groups attached to an aromatic ring is 1. The number of hydrogen-bond donors (Lipinski definition) is 1. The summed E-state index contributed by atoms with van der Waals surface area (Å²) in [6.07, 6.45) is 2.01. The molecule has 20 heavy (non-hydrogen) atoms. The van der Waals surface area contributed by atoms with Crippen molar-refractivity contribution in [2.45, 2.75) is 26.7 Å². The number of carbonyl (C=O) groups is 1. The van der Waals surface area contributed by atoms with Crippen LogP contribution in [0.1, 0.15) is 36.4 Å². The minimum atomic E-state index is 0.199. The number of carbonyl (C=O) groups excluding carboxylic acids is 1. The van der Waals surface area contributed by atoms with E-state index in [4.69, 9.17) is 10.5 Å². The van der Waals surface area contributed by atoms with Crippen LogP contribution in [0.15, 0.2) is 0 Å². The van der Waals surface area contributed by atoms with Crippen LogP contribution < -0.4 is 15.4 Å². The highest BCUT2D eigenvalue weighted by Gasteiger charge is 2.36. The van der Waals surface area contributed by atoms with E-state index in [1.807, 2.05) is 0 Å². The first-order chi connectivity index (χ1) is 9.52. The number of nitrogens with two attached hydrogens (primary N) is 1. The monoisotopic (exact) mass is 294 g/mol. The molecule has 0 aromatic carbocycles. The van der Waals surface area contributed by atoms with E-state index < -0.39 is 0 Å². The molecule has 1 saturated carbocycles. The molecule has 2 N–H and O–H groups in total. The summed E-state index contributed by atoms with van der Waals surface area (Å²) in [7, 11) is 1.64. The van der Waals surface area contributed by atoms with Crippen LogP contribution in [0.5, 0.6) is 5.75 Å². The highest BCUT2D eigenvalue weighted by Crippen LogP contribution is 2.49. The van der Waals surface area contributed by atoms with Crippen molar-refractivity contribution in [3.63, 3.8) is 0 Å². The lowest BCUT2D eigenvalue weighted by molar-refractivity contribution is 0.0972. The van der Waals surface area contributed by atoms with Gasteiger partial charge in [0.15, 0.2) is 11.5 Å². The van der Waals surface area contributed by atoms with E-state index in [-0.39, 0.29) is 11.7 Å². The van der Waals surface area contributed by atoms with Gasteiger partial charge in [-0.05, 0) is 24.7 Å². The summed E-state index contributed by atoms with van der Waals surface area (Å²) in [6.45, 7) is 6.55. The number of thiophene rings is 1. The van der Waals surface area contributed by atoms with Crippen molar-refractivity contribution >= 4 is 27.8 Å². The molecule has 2 aliphatic rings. The molecule has 0 spiro atoms. The number of Topliss-reactive ketones (excluding diaryl/α,β-unsaturated/α-hetero) is 1. The van der Waals surface area contributed by atoms with Crippen molar-refractivity contribution in [1.29, 1.82) is 0 Å². The molecule has 0 radical (unpaired) electrons. The normalized spacial score (nSPS) is 26.1. The zero-order chi connectivity index (χ0) is 14.4. The van der Waals surface area contributed by atoms with Gasteiger partial charge in [-0.25, -0.2) is 0 Å². The van der Waals surface area contributed by atoms with E-state index in [0.29, 0.717) is 28.1 Å². The third-order valence-corrected chi connectivity index (χ3v) is 5.80. The van der Waals surface area contributed by atoms with Gasteiger partial charge < -0.3 is 15.4 Å². The number of ketones is 1. The standard InChI is InChI=1S/C15H22N2O2S/c1-8-6-17(7-9(8)2)15-13(19-3)11(16)14(20-15)12(18)10-4-5-10/h8-10H,4-7,16H2,1-3H3. The van der Waals surface area contributed by atoms with Crippen LogP contribution in [0.3, 0.4) is 0 Å². The highest BCUT2D eigenvalue weighted by atomic mass is 32.1. The smallest absolute Gasteiger partial charge is 0.178 e. The van der Waals surface area contributed by atoms with Crippen LogP contribution in [0.25, 0.3) is 0 Å². The second kappa shape index (κ2) is 4.95. The summed E-state index contributed by atoms with van der Waals surface area (Å²) in [5.41, 5.74) is 6.69. The van der Waals surface area contributed by atoms with E-state index >= 15 is 0 Å². The molecule has 110 valence electrons. The SMILES string of the molecule is COc1c(N2CC(C)C(C)C2)sc(C(=O)C2CC2)c1N. The Labute approximate surface area is 123 Å². The number of anilines is 2. The van der Waals surface area contributed by atoms with Gasteiger partial charge in [-0.3, -0.25) is 4.79 Å². The largest absolute Gasteiger partial charge is 0.492 e. The van der Waals surface area contributed by atoms with Crippen molar-refractivity contribution in [1.82, 2.24) is 0 Å². The minimum absolute atomic E-state index is 0.199. The lowest BCUT2D eigenvalue weighted by Crippen LogP contribution is -2.18. The summed E-state index contributed by atoms with van der Waals surface area (Å²) >= 11 is 1.51. The molecule has 2 unspecified atom stereocenters. The molecule has 0 amide bonds. The third kappa shape index (κ3) is 2.18. The molecular formula is C15H22N2O2S. The molecule has 4 nitrogen and oxygen atoms in total. The van der Waals surface area contributed by atoms with E-state index in [9.17, 15) is 4.79 Å². The van der Waals surface area contributed by atoms with Crippen molar-refractivity contribution in [3.8, 4) is 5.75 Å². The van der Waals surface area contributed by atoms with Gasteiger partial charge in [0.25, 0.3) is 0 Å². The van der Waals surface area contributed by atoms with Crippen LogP contribution in [-0.2, 0) is 0 Å². The predicted octanol–water partition coefficient (Wildman–Crippen LogP) is 3.02. The fourth-order valence-electron chi connectivity index (χ4n) is 2.83. The molecule has 1 aromatic rings. The van der Waals surface area contributed by atoms with Gasteiger partial charge in [-0.2, -0.15) is 0 Å². The molecule has 1 aliphatic carbocycles. The van der Waals surface area contributed by atoms with Gasteiger partial charge in [0.05, 0.1) is 17.7 Å². The molecule has 1 saturated heterocycles. The Kier molecular flexibility index (Phi) is 3.40. The fourth-order valence-corrected chi connectivity index (χ4v) is 4.06. The first-order valence-corrected chi connectivity index (χ1v) is 8.10. The van der Waals surface area contributed by atoms with Gasteiger partial charge in [0.1, 0.15) is 5.00 Å². The summed E-state index contributed by atoms with van der Waals surface area (Å²) in [4.78, 5) is 15.3. The van der Waals surface area contributed by atoms with E-state index in [1.165, 1.54) is 11.3 Å². The maximum Gasteiger partial charge on any atom is 0.178 e. The minimum Gasteiger partial charge on any atom is -0.492 e. The molecular weight excluding hydrogens is 272 g/mol. The Bertz CT molecular complexity index is 526. The van der Waals surface area contributed by atoms with Crippen molar-refractivity contribution < 1.29 is 9.53 Å². The molecule has 2 heterocycles. The number of nitrogens with zero attached hydrogens (tertiary/aromatic N) is 1. The van der Waals surface area contributed by atoms with E-state index in [2.05, 4.69) is 18.7 Å². The van der Waals surface area contributed by atoms with Crippen molar-refractivity contribution in [2.75, 3.05) is 30.8 Å². The number of rotatable bonds is 4. The maximum absolute atomic E-state index is 12.3. The molecule has 1 aromatic heterocycles. The van der Waals surface area contributed by atoms with Crippen LogP contribution in [0.2, 0.25) is 0 Å². The van der Waals surface area contributed by atoms with Gasteiger partial charge in [-0.15, -0.1) is 11.3 Å². The fraction of sp³-hybridized carbons (Fsp3) is 0.667. The summed E-state index contributed by atoms with van der Waals surface area (Å²) in [5, 5.41) is 1.03. The second-order valence-electron chi connectivity index (χ2n) is 6.18. The van der Waals surface area contributed by atoms with Gasteiger partial charge in [0.2, 0.25) is 0 Å². The van der Waals surface area contributed by atoms with Gasteiger partial charge >= 0.3 is 0 Å². The van der Waals surface area contributed by atoms with Gasteiger partial charge in [0, 0.05) is 19.0 Å². The average Bonchev–Trinajstić information content (AvgIpc) is 3.14. The summed E-state index contributed by atoms with van der Waals surface area (Å²) in [6, 6.07) is 0. The average molecular weight is 294 g/mol. The van der Waals surface area contributed by atoms with E-state index in [0.717, 1.165) is 30.9 Å². The zero-order valence-electron chi connectivity index (χ0n) is 12.3. The number of methoxy groups -OCH3 is 1. The topological polar surface area (TPSA) is 55.6 Å². The summed E-state index contributed by atoms with van der Waals surface area (Å²) in [5.74, 6) is 2.42. The molecule has 5 heteroatoms. The van der Waals surface area contributed by atoms with Crippen LogP contribution >= 0.6 is 11.3 Å². The van der Waals surface area contributed by atoms with Crippen LogP contribution in [-0.4, -0.2) is 26.0 Å². The Hall–Kier alpha value is -1.23. The Morgan fingerprint density at radius 2 is 1.90 bits per heavy atom. The van der Waals surface area contributed by atoms with Crippen molar-refractivity contribution in [2.24, 2.45) is 17.8 Å². The lowest BCUT2D eigenvalue weighted by Gasteiger charge is -2.17. The molecule has 0 bridgehead atoms. The molecule has 1 aliphatic heterocycles. The number of hydrogen-bond acceptors (Lipinski definition) is 5. The first-order valence-electron chi connectivity index (χ1n) is 7.28. The Balaban J connectivity index is 1.94. The lowest BCUT2D eigenvalue weighted by atomic mass is 10.0. The molecule has 3 rings (SSSR count). The highest BCUT2D eigenvalue weighted by molar-refractivity contribution is 7.19. The van der Waals surface area contributed by atoms with Gasteiger partial charge in [-0.1, -0.05) is 13.8 Å². The summed E-state index contributed by atoms with van der Waals surface area (Å²) < 4.78 is 5.48. The van der Waals surface area contributed by atoms with E-state index in [1.54, 1.807) is 7.11 Å². The first kappa shape index (κ1) is 13.7. The van der Waals surface area contributed by atoms with Crippen LogP contribution in [0.4, 0.5) is 10.7 Å². The molecule has 2 fully saturated rings.